The van der Waals surface area contributed by atoms with Gasteiger partial charge in [0.2, 0.25) is 0 Å². The number of hydrogen-bond donors (Lipinski definition) is 1. The SMILES string of the molecule is FC(F)(F)Oc1ccc(-c2ncncc2CCNc2ccccn2)cc1. The Morgan fingerprint density at radius 1 is 1.00 bits per heavy atom. The highest BCUT2D eigenvalue weighted by molar-refractivity contribution is 5.63. The quantitative estimate of drug-likeness (QED) is 0.717. The Balaban J connectivity index is 1.70. The van der Waals surface area contributed by atoms with E-state index in [1.165, 1.54) is 18.5 Å². The van der Waals surface area contributed by atoms with Crippen LogP contribution in [0.25, 0.3) is 11.3 Å². The zero-order valence-corrected chi connectivity index (χ0v) is 13.6. The topological polar surface area (TPSA) is 59.9 Å². The molecule has 0 bridgehead atoms. The number of nitrogens with zero attached hydrogens (tertiary/aromatic N) is 3. The molecule has 5 nitrogen and oxygen atoms in total. The van der Waals surface area contributed by atoms with E-state index >= 15 is 0 Å². The molecule has 1 N–H and O–H groups in total. The van der Waals surface area contributed by atoms with Crippen molar-refractivity contribution in [1.82, 2.24) is 15.0 Å². The lowest BCUT2D eigenvalue weighted by molar-refractivity contribution is -0.274. The van der Waals surface area contributed by atoms with E-state index in [0.717, 1.165) is 11.4 Å². The second kappa shape index (κ2) is 7.81. The number of halogens is 3. The van der Waals surface area contributed by atoms with Gasteiger partial charge in [0, 0.05) is 24.5 Å². The lowest BCUT2D eigenvalue weighted by atomic mass is 10.0. The Kier molecular flexibility index (Phi) is 5.31. The molecule has 2 aromatic heterocycles. The summed E-state index contributed by atoms with van der Waals surface area (Å²) in [5.74, 6) is 0.494. The number of anilines is 1. The molecule has 0 saturated heterocycles. The Morgan fingerprint density at radius 2 is 1.81 bits per heavy atom. The first-order valence-electron chi connectivity index (χ1n) is 7.81. The molecule has 0 atom stereocenters. The first-order valence-corrected chi connectivity index (χ1v) is 7.81. The Bertz CT molecular complexity index is 839. The zero-order valence-electron chi connectivity index (χ0n) is 13.6. The molecule has 26 heavy (non-hydrogen) atoms. The van der Waals surface area contributed by atoms with Crippen LogP contribution in [0.15, 0.2) is 61.2 Å². The minimum Gasteiger partial charge on any atom is -0.406 e. The molecule has 3 aromatic rings. The van der Waals surface area contributed by atoms with Crippen LogP contribution in [0.2, 0.25) is 0 Å². The number of rotatable bonds is 6. The summed E-state index contributed by atoms with van der Waals surface area (Å²) in [5.41, 5.74) is 2.23. The van der Waals surface area contributed by atoms with Crippen molar-refractivity contribution in [1.29, 1.82) is 0 Å². The smallest absolute Gasteiger partial charge is 0.406 e. The van der Waals surface area contributed by atoms with E-state index in [-0.39, 0.29) is 5.75 Å². The van der Waals surface area contributed by atoms with Gasteiger partial charge in [-0.25, -0.2) is 15.0 Å². The Labute approximate surface area is 147 Å². The highest BCUT2D eigenvalue weighted by atomic mass is 19.4. The molecular weight excluding hydrogens is 345 g/mol. The van der Waals surface area contributed by atoms with Gasteiger partial charge >= 0.3 is 6.36 Å². The van der Waals surface area contributed by atoms with Crippen molar-refractivity contribution in [2.24, 2.45) is 0 Å². The molecule has 2 heterocycles. The average Bonchev–Trinajstić information content (AvgIpc) is 2.63. The maximum atomic E-state index is 12.3. The summed E-state index contributed by atoms with van der Waals surface area (Å²) in [6.07, 6.45) is 0.726. The van der Waals surface area contributed by atoms with Crippen LogP contribution >= 0.6 is 0 Å². The predicted octanol–water partition coefficient (Wildman–Crippen LogP) is 4.09. The molecule has 0 aliphatic heterocycles. The van der Waals surface area contributed by atoms with Crippen LogP contribution in [0.1, 0.15) is 5.56 Å². The fraction of sp³-hybridized carbons (Fsp3) is 0.167. The van der Waals surface area contributed by atoms with Crippen molar-refractivity contribution in [3.05, 3.63) is 66.7 Å². The van der Waals surface area contributed by atoms with E-state index in [2.05, 4.69) is 25.0 Å². The molecular formula is C18H15F3N4O. The van der Waals surface area contributed by atoms with Crippen LogP contribution in [0, 0.1) is 0 Å². The third-order valence-corrected chi connectivity index (χ3v) is 3.51. The summed E-state index contributed by atoms with van der Waals surface area (Å²) in [7, 11) is 0. The molecule has 0 amide bonds. The van der Waals surface area contributed by atoms with Gasteiger partial charge in [-0.05, 0) is 48.4 Å². The van der Waals surface area contributed by atoms with E-state index in [0.29, 0.717) is 24.2 Å². The van der Waals surface area contributed by atoms with Crippen LogP contribution in [-0.2, 0) is 6.42 Å². The van der Waals surface area contributed by atoms with Crippen LogP contribution in [0.4, 0.5) is 19.0 Å². The van der Waals surface area contributed by atoms with Gasteiger partial charge in [-0.1, -0.05) is 6.07 Å². The normalized spacial score (nSPS) is 11.2. The minimum atomic E-state index is -4.71. The number of pyridine rings is 1. The summed E-state index contributed by atoms with van der Waals surface area (Å²) in [5, 5.41) is 3.20. The van der Waals surface area contributed by atoms with Gasteiger partial charge in [0.1, 0.15) is 17.9 Å². The summed E-state index contributed by atoms with van der Waals surface area (Å²) >= 11 is 0. The Morgan fingerprint density at radius 3 is 2.50 bits per heavy atom. The second-order valence-corrected chi connectivity index (χ2v) is 5.36. The van der Waals surface area contributed by atoms with E-state index in [9.17, 15) is 13.2 Å². The molecule has 0 unspecified atom stereocenters. The van der Waals surface area contributed by atoms with Crippen molar-refractivity contribution in [2.75, 3.05) is 11.9 Å². The molecule has 8 heteroatoms. The summed E-state index contributed by atoms with van der Waals surface area (Å²) in [4.78, 5) is 12.5. The van der Waals surface area contributed by atoms with Gasteiger partial charge in [0.25, 0.3) is 0 Å². The van der Waals surface area contributed by atoms with Crippen molar-refractivity contribution in [2.45, 2.75) is 12.8 Å². The summed E-state index contributed by atoms with van der Waals surface area (Å²) in [6, 6.07) is 11.2. The second-order valence-electron chi connectivity index (χ2n) is 5.36. The van der Waals surface area contributed by atoms with Crippen LogP contribution in [-0.4, -0.2) is 27.9 Å². The van der Waals surface area contributed by atoms with Crippen molar-refractivity contribution < 1.29 is 17.9 Å². The zero-order chi connectivity index (χ0) is 18.4. The van der Waals surface area contributed by atoms with E-state index in [4.69, 9.17) is 0 Å². The number of benzene rings is 1. The first-order chi connectivity index (χ1) is 12.5. The molecule has 1 aromatic carbocycles. The number of alkyl halides is 3. The molecule has 3 rings (SSSR count). The molecule has 0 saturated carbocycles. The fourth-order valence-electron chi connectivity index (χ4n) is 2.41. The van der Waals surface area contributed by atoms with E-state index in [1.807, 2.05) is 18.2 Å². The highest BCUT2D eigenvalue weighted by Crippen LogP contribution is 2.27. The molecule has 0 aliphatic rings. The van der Waals surface area contributed by atoms with Crippen molar-refractivity contribution >= 4 is 5.82 Å². The van der Waals surface area contributed by atoms with Gasteiger partial charge in [-0.2, -0.15) is 0 Å². The number of aromatic nitrogens is 3. The third-order valence-electron chi connectivity index (χ3n) is 3.51. The maximum absolute atomic E-state index is 12.3. The number of hydrogen-bond acceptors (Lipinski definition) is 5. The van der Waals surface area contributed by atoms with Gasteiger partial charge in [-0.15, -0.1) is 13.2 Å². The lowest BCUT2D eigenvalue weighted by Crippen LogP contribution is -2.16. The molecule has 0 radical (unpaired) electrons. The van der Waals surface area contributed by atoms with Crippen molar-refractivity contribution in [3.63, 3.8) is 0 Å². The predicted molar refractivity (Wildman–Crippen MR) is 90.6 cm³/mol. The highest BCUT2D eigenvalue weighted by Gasteiger charge is 2.31. The summed E-state index contributed by atoms with van der Waals surface area (Å²) < 4.78 is 40.6. The van der Waals surface area contributed by atoms with E-state index < -0.39 is 6.36 Å². The van der Waals surface area contributed by atoms with Crippen LogP contribution in [0.3, 0.4) is 0 Å². The number of nitrogens with one attached hydrogen (secondary N) is 1. The van der Waals surface area contributed by atoms with Crippen LogP contribution < -0.4 is 10.1 Å². The van der Waals surface area contributed by atoms with Gasteiger partial charge in [-0.3, -0.25) is 0 Å². The molecule has 0 fully saturated rings. The van der Waals surface area contributed by atoms with Crippen LogP contribution in [0.5, 0.6) is 5.75 Å². The lowest BCUT2D eigenvalue weighted by Gasteiger charge is -2.11. The van der Waals surface area contributed by atoms with Crippen molar-refractivity contribution in [3.8, 4) is 17.0 Å². The van der Waals surface area contributed by atoms with E-state index in [1.54, 1.807) is 24.5 Å². The van der Waals surface area contributed by atoms with Gasteiger partial charge < -0.3 is 10.1 Å². The standard InChI is InChI=1S/C18H15F3N4O/c19-18(20,21)26-15-6-4-13(5-7-15)17-14(11-22-12-25-17)8-10-24-16-3-1-2-9-23-16/h1-7,9,11-12H,8,10H2,(H,23,24). The molecule has 0 aliphatic carbocycles. The number of ether oxygens (including phenoxy) is 1. The molecule has 0 spiro atoms. The third kappa shape index (κ3) is 4.92. The minimum absolute atomic E-state index is 0.270. The average molecular weight is 360 g/mol. The monoisotopic (exact) mass is 360 g/mol. The first kappa shape index (κ1) is 17.7. The fourth-order valence-corrected chi connectivity index (χ4v) is 2.41. The summed E-state index contributed by atoms with van der Waals surface area (Å²) in [6.45, 7) is 0.618. The molecule has 134 valence electrons. The largest absolute Gasteiger partial charge is 0.573 e. The Hall–Kier alpha value is -3.16. The maximum Gasteiger partial charge on any atom is 0.573 e. The van der Waals surface area contributed by atoms with Gasteiger partial charge in [0.15, 0.2) is 0 Å². The van der Waals surface area contributed by atoms with Gasteiger partial charge in [0.05, 0.1) is 5.69 Å².